The second-order valence-corrected chi connectivity index (χ2v) is 6.25. The maximum Gasteiger partial charge on any atom is 0.316 e. The largest absolute Gasteiger partial charge is 0.467 e. The predicted molar refractivity (Wildman–Crippen MR) is 101 cm³/mol. The molecule has 0 spiro atoms. The molecule has 1 amide bonds. The van der Waals surface area contributed by atoms with Gasteiger partial charge in [0.05, 0.1) is 12.7 Å². The molecule has 1 aliphatic heterocycles. The Morgan fingerprint density at radius 1 is 1.15 bits per heavy atom. The fourth-order valence-electron chi connectivity index (χ4n) is 3.23. The lowest BCUT2D eigenvalue weighted by Gasteiger charge is -2.08. The van der Waals surface area contributed by atoms with Crippen LogP contribution < -0.4 is 10.1 Å². The Hall–Kier alpha value is -3.41. The standard InChI is InChI=1S/C20H18N4O2/c1-11-7-12(2)23-17(11)8-15-18-14(5-4-6-16(18)24-19(15)25)13-9-21-20(26-3)22-10-13/h4-10,23H,1-3H3,(H,24,25)/b15-8-. The van der Waals surface area contributed by atoms with Crippen LogP contribution in [0.15, 0.2) is 36.7 Å². The molecule has 4 rings (SSSR count). The van der Waals surface area contributed by atoms with Crippen molar-refractivity contribution >= 4 is 23.2 Å². The van der Waals surface area contributed by atoms with E-state index in [9.17, 15) is 4.79 Å². The second kappa shape index (κ2) is 6.15. The van der Waals surface area contributed by atoms with Crippen molar-refractivity contribution in [1.29, 1.82) is 0 Å². The highest BCUT2D eigenvalue weighted by atomic mass is 16.5. The van der Waals surface area contributed by atoms with Gasteiger partial charge in [-0.05, 0) is 43.2 Å². The number of aryl methyl sites for hydroxylation is 2. The number of hydrogen-bond acceptors (Lipinski definition) is 4. The van der Waals surface area contributed by atoms with E-state index in [4.69, 9.17) is 4.74 Å². The van der Waals surface area contributed by atoms with Gasteiger partial charge in [0, 0.05) is 40.6 Å². The number of methoxy groups -OCH3 is 1. The summed E-state index contributed by atoms with van der Waals surface area (Å²) in [7, 11) is 1.53. The number of H-pyrrole nitrogens is 1. The topological polar surface area (TPSA) is 79.9 Å². The summed E-state index contributed by atoms with van der Waals surface area (Å²) in [5, 5.41) is 2.94. The van der Waals surface area contributed by atoms with Crippen molar-refractivity contribution in [2.45, 2.75) is 13.8 Å². The van der Waals surface area contributed by atoms with Gasteiger partial charge in [-0.1, -0.05) is 12.1 Å². The minimum atomic E-state index is -0.117. The highest BCUT2D eigenvalue weighted by molar-refractivity contribution is 6.36. The molecule has 6 heteroatoms. The van der Waals surface area contributed by atoms with Crippen LogP contribution in [0.1, 0.15) is 22.5 Å². The third-order valence-electron chi connectivity index (χ3n) is 4.43. The maximum absolute atomic E-state index is 12.6. The number of carbonyl (C=O) groups is 1. The molecule has 26 heavy (non-hydrogen) atoms. The Morgan fingerprint density at radius 2 is 1.92 bits per heavy atom. The molecule has 0 saturated carbocycles. The fraction of sp³-hybridized carbons (Fsp3) is 0.150. The van der Waals surface area contributed by atoms with Gasteiger partial charge in [-0.2, -0.15) is 0 Å². The van der Waals surface area contributed by atoms with Crippen LogP contribution in [0.25, 0.3) is 22.8 Å². The van der Waals surface area contributed by atoms with Crippen LogP contribution in [0, 0.1) is 13.8 Å². The zero-order chi connectivity index (χ0) is 18.3. The predicted octanol–water partition coefficient (Wildman–Crippen LogP) is 3.59. The number of carbonyl (C=O) groups excluding carboxylic acids is 1. The molecule has 0 unspecified atom stereocenters. The van der Waals surface area contributed by atoms with E-state index in [0.29, 0.717) is 11.6 Å². The lowest BCUT2D eigenvalue weighted by Crippen LogP contribution is -2.03. The smallest absolute Gasteiger partial charge is 0.316 e. The van der Waals surface area contributed by atoms with Crippen LogP contribution in [0.5, 0.6) is 6.01 Å². The van der Waals surface area contributed by atoms with E-state index in [0.717, 1.165) is 39.3 Å². The summed E-state index contributed by atoms with van der Waals surface area (Å²) in [5.41, 5.74) is 7.08. The molecular weight excluding hydrogens is 328 g/mol. The van der Waals surface area contributed by atoms with Gasteiger partial charge in [0.25, 0.3) is 5.91 Å². The van der Waals surface area contributed by atoms with Crippen molar-refractivity contribution in [1.82, 2.24) is 15.0 Å². The normalized spacial score (nSPS) is 14.4. The van der Waals surface area contributed by atoms with Crippen LogP contribution in [0.4, 0.5) is 5.69 Å². The van der Waals surface area contributed by atoms with Crippen molar-refractivity contribution < 1.29 is 9.53 Å². The Kier molecular flexibility index (Phi) is 3.80. The third-order valence-corrected chi connectivity index (χ3v) is 4.43. The van der Waals surface area contributed by atoms with Crippen LogP contribution in [-0.4, -0.2) is 28.0 Å². The molecule has 0 radical (unpaired) electrons. The molecule has 1 aliphatic rings. The van der Waals surface area contributed by atoms with E-state index >= 15 is 0 Å². The number of anilines is 1. The van der Waals surface area contributed by atoms with Gasteiger partial charge in [-0.3, -0.25) is 4.79 Å². The van der Waals surface area contributed by atoms with Crippen molar-refractivity contribution in [3.05, 3.63) is 59.2 Å². The monoisotopic (exact) mass is 346 g/mol. The summed E-state index contributed by atoms with van der Waals surface area (Å²) in [6.45, 7) is 4.02. The maximum atomic E-state index is 12.6. The Labute approximate surface area is 151 Å². The Morgan fingerprint density at radius 3 is 2.58 bits per heavy atom. The first-order valence-electron chi connectivity index (χ1n) is 8.26. The molecule has 0 saturated heterocycles. The molecule has 0 atom stereocenters. The van der Waals surface area contributed by atoms with Crippen molar-refractivity contribution in [3.63, 3.8) is 0 Å². The number of amides is 1. The molecule has 0 fully saturated rings. The Balaban J connectivity index is 1.87. The molecule has 3 heterocycles. The summed E-state index contributed by atoms with van der Waals surface area (Å²) in [6, 6.07) is 8.14. The second-order valence-electron chi connectivity index (χ2n) is 6.25. The van der Waals surface area contributed by atoms with Crippen LogP contribution in [0.2, 0.25) is 0 Å². The molecule has 0 aliphatic carbocycles. The third kappa shape index (κ3) is 2.65. The highest BCUT2D eigenvalue weighted by Gasteiger charge is 2.27. The number of fused-ring (bicyclic) bond motifs is 1. The Bertz CT molecular complexity index is 1030. The zero-order valence-corrected chi connectivity index (χ0v) is 14.8. The molecule has 2 N–H and O–H groups in total. The van der Waals surface area contributed by atoms with Gasteiger partial charge < -0.3 is 15.0 Å². The number of aromatic amines is 1. The first kappa shape index (κ1) is 16.1. The quantitative estimate of drug-likeness (QED) is 0.710. The van der Waals surface area contributed by atoms with E-state index in [1.807, 2.05) is 38.1 Å². The average Bonchev–Trinajstić information content (AvgIpc) is 3.13. The van der Waals surface area contributed by atoms with Gasteiger partial charge in [-0.15, -0.1) is 0 Å². The molecule has 0 bridgehead atoms. The number of nitrogens with one attached hydrogen (secondary N) is 2. The number of benzene rings is 1. The van der Waals surface area contributed by atoms with Crippen LogP contribution in [-0.2, 0) is 4.79 Å². The van der Waals surface area contributed by atoms with E-state index in [2.05, 4.69) is 26.3 Å². The van der Waals surface area contributed by atoms with Crippen molar-refractivity contribution in [3.8, 4) is 17.1 Å². The summed E-state index contributed by atoms with van der Waals surface area (Å²) < 4.78 is 5.03. The van der Waals surface area contributed by atoms with Crippen LogP contribution >= 0.6 is 0 Å². The average molecular weight is 346 g/mol. The van der Waals surface area contributed by atoms with E-state index in [1.54, 1.807) is 12.4 Å². The van der Waals surface area contributed by atoms with Crippen LogP contribution in [0.3, 0.4) is 0 Å². The summed E-state index contributed by atoms with van der Waals surface area (Å²) in [4.78, 5) is 24.3. The molecule has 130 valence electrons. The fourth-order valence-corrected chi connectivity index (χ4v) is 3.23. The number of ether oxygens (including phenoxy) is 1. The lowest BCUT2D eigenvalue weighted by atomic mass is 9.95. The van der Waals surface area contributed by atoms with E-state index in [-0.39, 0.29) is 5.91 Å². The number of hydrogen-bond donors (Lipinski definition) is 2. The molecule has 2 aromatic heterocycles. The molecule has 6 nitrogen and oxygen atoms in total. The minimum absolute atomic E-state index is 0.117. The van der Waals surface area contributed by atoms with Crippen molar-refractivity contribution in [2.75, 3.05) is 12.4 Å². The SMILES string of the molecule is COc1ncc(-c2cccc3c2/C(=C/c2[nH]c(C)cc2C)C(=O)N3)cn1. The molecule has 1 aromatic carbocycles. The summed E-state index contributed by atoms with van der Waals surface area (Å²) in [5.74, 6) is -0.117. The first-order chi connectivity index (χ1) is 12.6. The molecule has 3 aromatic rings. The summed E-state index contributed by atoms with van der Waals surface area (Å²) >= 11 is 0. The minimum Gasteiger partial charge on any atom is -0.467 e. The van der Waals surface area contributed by atoms with Gasteiger partial charge >= 0.3 is 6.01 Å². The van der Waals surface area contributed by atoms with Gasteiger partial charge in [0.15, 0.2) is 0 Å². The van der Waals surface area contributed by atoms with E-state index < -0.39 is 0 Å². The number of rotatable bonds is 3. The summed E-state index contributed by atoms with van der Waals surface area (Å²) in [6.07, 6.45) is 5.30. The lowest BCUT2D eigenvalue weighted by molar-refractivity contribution is -0.110. The number of aromatic nitrogens is 3. The van der Waals surface area contributed by atoms with Gasteiger partial charge in [0.1, 0.15) is 0 Å². The highest BCUT2D eigenvalue weighted by Crippen LogP contribution is 2.40. The van der Waals surface area contributed by atoms with Gasteiger partial charge in [0.2, 0.25) is 0 Å². The number of nitrogens with zero attached hydrogens (tertiary/aromatic N) is 2. The zero-order valence-electron chi connectivity index (χ0n) is 14.8. The van der Waals surface area contributed by atoms with Gasteiger partial charge in [-0.25, -0.2) is 9.97 Å². The van der Waals surface area contributed by atoms with E-state index in [1.165, 1.54) is 7.11 Å². The first-order valence-corrected chi connectivity index (χ1v) is 8.26. The molecular formula is C20H18N4O2. The van der Waals surface area contributed by atoms with Crippen molar-refractivity contribution in [2.24, 2.45) is 0 Å².